The highest BCUT2D eigenvalue weighted by atomic mass is 16.4. The molecule has 0 aliphatic carbocycles. The zero-order chi connectivity index (χ0) is 30.5. The van der Waals surface area contributed by atoms with Crippen molar-refractivity contribution in [3.8, 4) is 0 Å². The number of fused-ring (bicyclic) bond motifs is 2. The van der Waals surface area contributed by atoms with Crippen LogP contribution in [0.15, 0.2) is 109 Å². The number of benzene rings is 7. The minimum Gasteiger partial charge on any atom is -0.478 e. The van der Waals surface area contributed by atoms with E-state index in [2.05, 4.69) is 10.6 Å². The average Bonchev–Trinajstić information content (AvgIpc) is 3.03. The van der Waals surface area contributed by atoms with Crippen LogP contribution in [0.25, 0.3) is 43.1 Å². The zero-order valence-electron chi connectivity index (χ0n) is 22.9. The SMILES string of the molecule is O=C(O)c1ccc2c3ccc(C(=O)Nc4ccccc4)c4c(C(=O)O)ccc(c5ccc(C(=O)Nc6ccccc6)c1c25)c43. The van der Waals surface area contributed by atoms with Gasteiger partial charge in [0.15, 0.2) is 0 Å². The summed E-state index contributed by atoms with van der Waals surface area (Å²) in [5, 5.41) is 30.2. The number of anilines is 2. The van der Waals surface area contributed by atoms with E-state index < -0.39 is 23.8 Å². The molecule has 2 amide bonds. The van der Waals surface area contributed by atoms with Crippen LogP contribution in [0.5, 0.6) is 0 Å². The lowest BCUT2D eigenvalue weighted by Gasteiger charge is -2.20. The highest BCUT2D eigenvalue weighted by Crippen LogP contribution is 2.44. The maximum absolute atomic E-state index is 13.5. The van der Waals surface area contributed by atoms with Crippen LogP contribution in [-0.4, -0.2) is 34.0 Å². The van der Waals surface area contributed by atoms with E-state index in [4.69, 9.17) is 0 Å². The Kier molecular flexibility index (Phi) is 6.18. The Morgan fingerprint density at radius 1 is 0.386 bits per heavy atom. The number of carboxylic acids is 2. The summed E-state index contributed by atoms with van der Waals surface area (Å²) in [5.41, 5.74) is 1.43. The van der Waals surface area contributed by atoms with Crippen molar-refractivity contribution in [2.75, 3.05) is 10.6 Å². The molecule has 0 saturated heterocycles. The van der Waals surface area contributed by atoms with Crippen molar-refractivity contribution in [2.45, 2.75) is 0 Å². The van der Waals surface area contributed by atoms with Crippen LogP contribution >= 0.6 is 0 Å². The second-order valence-corrected chi connectivity index (χ2v) is 10.4. The number of aromatic carboxylic acids is 2. The van der Waals surface area contributed by atoms with Crippen molar-refractivity contribution >= 4 is 78.2 Å². The number of carbonyl (C=O) groups excluding carboxylic acids is 2. The number of carboxylic acid groups (broad SMARTS) is 2. The standard InChI is InChI=1S/C36H22N2O6/c39-33(37-19-7-3-1-4-8-19)25-15-11-21-24-14-18-28(36(43)44)32-26(34(40)38-20-9-5-2-6-10-20)16-12-22(30(24)32)23-13-17-27(35(41)42)31(25)29(21)23/h1-18H,(H,37,39)(H,38,40)(H,41,42)(H,43,44). The molecule has 8 nitrogen and oxygen atoms in total. The van der Waals surface area contributed by atoms with E-state index in [1.165, 1.54) is 12.1 Å². The van der Waals surface area contributed by atoms with Crippen molar-refractivity contribution in [3.05, 3.63) is 131 Å². The summed E-state index contributed by atoms with van der Waals surface area (Å²) in [5.74, 6) is -3.31. The molecule has 0 bridgehead atoms. The van der Waals surface area contributed by atoms with Gasteiger partial charge in [-0.15, -0.1) is 0 Å². The van der Waals surface area contributed by atoms with E-state index in [9.17, 15) is 29.4 Å². The normalized spacial score (nSPS) is 11.3. The first-order chi connectivity index (χ1) is 21.3. The number of para-hydroxylation sites is 2. The molecule has 0 spiro atoms. The van der Waals surface area contributed by atoms with Crippen molar-refractivity contribution < 1.29 is 29.4 Å². The molecule has 0 fully saturated rings. The molecule has 0 atom stereocenters. The average molecular weight is 579 g/mol. The summed E-state index contributed by atoms with van der Waals surface area (Å²) in [6.45, 7) is 0. The van der Waals surface area contributed by atoms with E-state index >= 15 is 0 Å². The number of carbonyl (C=O) groups is 4. The largest absolute Gasteiger partial charge is 0.478 e. The van der Waals surface area contributed by atoms with Gasteiger partial charge in [0.25, 0.3) is 11.8 Å². The molecule has 7 rings (SSSR count). The maximum Gasteiger partial charge on any atom is 0.336 e. The third kappa shape index (κ3) is 4.16. The fraction of sp³-hybridized carbons (Fsp3) is 0. The number of rotatable bonds is 6. The van der Waals surface area contributed by atoms with E-state index in [0.717, 1.165) is 0 Å². The number of nitrogens with one attached hydrogen (secondary N) is 2. The van der Waals surface area contributed by atoms with Crippen LogP contribution in [0, 0.1) is 0 Å². The van der Waals surface area contributed by atoms with Crippen LogP contribution in [-0.2, 0) is 0 Å². The maximum atomic E-state index is 13.5. The minimum atomic E-state index is -1.19. The van der Waals surface area contributed by atoms with E-state index in [1.807, 2.05) is 12.1 Å². The molecule has 44 heavy (non-hydrogen) atoms. The van der Waals surface area contributed by atoms with Gasteiger partial charge in [-0.3, -0.25) is 9.59 Å². The summed E-state index contributed by atoms with van der Waals surface area (Å²) < 4.78 is 0. The number of hydrogen-bond acceptors (Lipinski definition) is 4. The third-order valence-corrected chi connectivity index (χ3v) is 7.92. The van der Waals surface area contributed by atoms with E-state index in [1.54, 1.807) is 84.9 Å². The molecule has 212 valence electrons. The number of amides is 2. The molecule has 0 saturated carbocycles. The molecular formula is C36H22N2O6. The smallest absolute Gasteiger partial charge is 0.336 e. The summed E-state index contributed by atoms with van der Waals surface area (Å²) in [6, 6.07) is 30.6. The molecule has 0 unspecified atom stereocenters. The molecule has 0 aliphatic rings. The second-order valence-electron chi connectivity index (χ2n) is 10.4. The van der Waals surface area contributed by atoms with Crippen LogP contribution in [0.3, 0.4) is 0 Å². The van der Waals surface area contributed by atoms with E-state index in [-0.39, 0.29) is 33.0 Å². The van der Waals surface area contributed by atoms with Gasteiger partial charge in [-0.25, -0.2) is 9.59 Å². The topological polar surface area (TPSA) is 133 Å². The fourth-order valence-corrected chi connectivity index (χ4v) is 6.06. The Hall–Kier alpha value is -6.28. The lowest BCUT2D eigenvalue weighted by atomic mass is 9.84. The lowest BCUT2D eigenvalue weighted by Crippen LogP contribution is -2.15. The van der Waals surface area contributed by atoms with Gasteiger partial charge in [0, 0.05) is 33.3 Å². The Balaban J connectivity index is 1.54. The molecule has 0 aromatic heterocycles. The summed E-state index contributed by atoms with van der Waals surface area (Å²) >= 11 is 0. The molecule has 7 aromatic rings. The first kappa shape index (κ1) is 26.6. The van der Waals surface area contributed by atoms with Crippen LogP contribution in [0.2, 0.25) is 0 Å². The number of hydrogen-bond donors (Lipinski definition) is 4. The van der Waals surface area contributed by atoms with Gasteiger partial charge in [0.1, 0.15) is 0 Å². The Morgan fingerprint density at radius 2 is 0.705 bits per heavy atom. The van der Waals surface area contributed by atoms with Crippen molar-refractivity contribution in [2.24, 2.45) is 0 Å². The molecular weight excluding hydrogens is 556 g/mol. The summed E-state index contributed by atoms with van der Waals surface area (Å²) in [4.78, 5) is 52.0. The van der Waals surface area contributed by atoms with Crippen LogP contribution < -0.4 is 10.6 Å². The monoisotopic (exact) mass is 578 g/mol. The van der Waals surface area contributed by atoms with Gasteiger partial charge in [-0.05, 0) is 80.8 Å². The zero-order valence-corrected chi connectivity index (χ0v) is 22.9. The van der Waals surface area contributed by atoms with Crippen LogP contribution in [0.1, 0.15) is 41.4 Å². The summed E-state index contributed by atoms with van der Waals surface area (Å²) in [7, 11) is 0. The molecule has 4 N–H and O–H groups in total. The predicted octanol–water partition coefficient (Wildman–Crippen LogP) is 7.64. The first-order valence-corrected chi connectivity index (χ1v) is 13.7. The second kappa shape index (κ2) is 10.2. The molecule has 0 heterocycles. The van der Waals surface area contributed by atoms with Crippen molar-refractivity contribution in [3.63, 3.8) is 0 Å². The van der Waals surface area contributed by atoms with Gasteiger partial charge >= 0.3 is 11.9 Å². The fourth-order valence-electron chi connectivity index (χ4n) is 6.06. The Morgan fingerprint density at radius 3 is 1.02 bits per heavy atom. The van der Waals surface area contributed by atoms with Gasteiger partial charge < -0.3 is 20.8 Å². The molecule has 7 aromatic carbocycles. The minimum absolute atomic E-state index is 0.0375. The van der Waals surface area contributed by atoms with Crippen molar-refractivity contribution in [1.82, 2.24) is 0 Å². The Labute approximate surface area is 249 Å². The van der Waals surface area contributed by atoms with Gasteiger partial charge in [-0.2, -0.15) is 0 Å². The highest BCUT2D eigenvalue weighted by molar-refractivity contribution is 6.38. The van der Waals surface area contributed by atoms with Crippen LogP contribution in [0.4, 0.5) is 11.4 Å². The Bertz CT molecular complexity index is 2130. The van der Waals surface area contributed by atoms with Crippen molar-refractivity contribution in [1.29, 1.82) is 0 Å². The molecule has 8 heteroatoms. The lowest BCUT2D eigenvalue weighted by molar-refractivity contribution is 0.0688. The highest BCUT2D eigenvalue weighted by Gasteiger charge is 2.26. The van der Waals surface area contributed by atoms with Gasteiger partial charge in [0.05, 0.1) is 11.1 Å². The first-order valence-electron chi connectivity index (χ1n) is 13.7. The summed E-state index contributed by atoms with van der Waals surface area (Å²) in [6.07, 6.45) is 0. The van der Waals surface area contributed by atoms with Gasteiger partial charge in [-0.1, -0.05) is 60.7 Å². The molecule has 0 radical (unpaired) electrons. The quantitative estimate of drug-likeness (QED) is 0.118. The third-order valence-electron chi connectivity index (χ3n) is 7.92. The predicted molar refractivity (Wildman–Crippen MR) is 170 cm³/mol. The molecule has 0 aliphatic heterocycles. The van der Waals surface area contributed by atoms with Gasteiger partial charge in [0.2, 0.25) is 0 Å². The van der Waals surface area contributed by atoms with E-state index in [0.29, 0.717) is 43.7 Å².